The van der Waals surface area contributed by atoms with Gasteiger partial charge in [-0.05, 0) is 39.2 Å². The number of anilines is 1. The van der Waals surface area contributed by atoms with Gasteiger partial charge in [0.25, 0.3) is 0 Å². The quantitative estimate of drug-likeness (QED) is 0.677. The van der Waals surface area contributed by atoms with Crippen molar-refractivity contribution < 1.29 is 5.21 Å². The lowest BCUT2D eigenvalue weighted by Gasteiger charge is -2.27. The molecule has 0 amide bonds. The molecule has 106 valence electrons. The standard InChI is InChI=1S/C16H21N3O/c1-16(2,12-17)9-11-19-10-5-7-14(18-20)13-6-3-4-8-15(13)19/h3-4,6,8,20H,5,7,9-11H2,1-2H3/b18-14-. The van der Waals surface area contributed by atoms with Gasteiger partial charge in [0.15, 0.2) is 0 Å². The smallest absolute Gasteiger partial charge is 0.0889 e. The van der Waals surface area contributed by atoms with E-state index in [0.29, 0.717) is 0 Å². The van der Waals surface area contributed by atoms with Gasteiger partial charge in [-0.15, -0.1) is 0 Å². The molecule has 1 aromatic carbocycles. The number of fused-ring (bicyclic) bond motifs is 1. The van der Waals surface area contributed by atoms with Crippen LogP contribution < -0.4 is 4.90 Å². The van der Waals surface area contributed by atoms with E-state index in [1.165, 1.54) is 0 Å². The Balaban J connectivity index is 2.25. The van der Waals surface area contributed by atoms with Crippen molar-refractivity contribution in [3.63, 3.8) is 0 Å². The minimum atomic E-state index is -0.310. The Morgan fingerprint density at radius 3 is 2.85 bits per heavy atom. The summed E-state index contributed by atoms with van der Waals surface area (Å²) in [5.74, 6) is 0. The number of nitrogens with zero attached hydrogens (tertiary/aromatic N) is 3. The van der Waals surface area contributed by atoms with E-state index in [4.69, 9.17) is 5.26 Å². The maximum Gasteiger partial charge on any atom is 0.0889 e. The third kappa shape index (κ3) is 3.11. The molecular weight excluding hydrogens is 250 g/mol. The summed E-state index contributed by atoms with van der Waals surface area (Å²) >= 11 is 0. The molecule has 1 aliphatic heterocycles. The predicted octanol–water partition coefficient (Wildman–Crippen LogP) is 3.40. The Kier molecular flexibility index (Phi) is 4.29. The number of hydrogen-bond donors (Lipinski definition) is 1. The first-order chi connectivity index (χ1) is 9.57. The van der Waals surface area contributed by atoms with Crippen LogP contribution in [-0.4, -0.2) is 24.0 Å². The molecule has 0 saturated carbocycles. The highest BCUT2D eigenvalue weighted by Crippen LogP contribution is 2.28. The lowest BCUT2D eigenvalue weighted by atomic mass is 9.91. The minimum Gasteiger partial charge on any atom is -0.411 e. The molecule has 0 fully saturated rings. The number of hydrogen-bond acceptors (Lipinski definition) is 4. The van der Waals surface area contributed by atoms with Gasteiger partial charge in [0.1, 0.15) is 0 Å². The van der Waals surface area contributed by atoms with Gasteiger partial charge in [-0.1, -0.05) is 23.4 Å². The number of rotatable bonds is 3. The van der Waals surface area contributed by atoms with Crippen molar-refractivity contribution in [2.24, 2.45) is 10.6 Å². The lowest BCUT2D eigenvalue weighted by Crippen LogP contribution is -2.28. The van der Waals surface area contributed by atoms with E-state index in [1.807, 2.05) is 32.0 Å². The van der Waals surface area contributed by atoms with Crippen molar-refractivity contribution in [1.82, 2.24) is 0 Å². The molecule has 0 unspecified atom stereocenters. The van der Waals surface area contributed by atoms with E-state index in [0.717, 1.165) is 49.3 Å². The van der Waals surface area contributed by atoms with E-state index in [1.54, 1.807) is 0 Å². The van der Waals surface area contributed by atoms with Crippen LogP contribution in [0.4, 0.5) is 5.69 Å². The third-order valence-electron chi connectivity index (χ3n) is 3.83. The van der Waals surface area contributed by atoms with Gasteiger partial charge in [0.05, 0.1) is 17.2 Å². The number of para-hydroxylation sites is 1. The summed E-state index contributed by atoms with van der Waals surface area (Å²) in [6.45, 7) is 5.71. The molecule has 0 saturated heterocycles. The number of oxime groups is 1. The zero-order valence-electron chi connectivity index (χ0n) is 12.1. The molecule has 0 aromatic heterocycles. The van der Waals surface area contributed by atoms with E-state index < -0.39 is 0 Å². The van der Waals surface area contributed by atoms with Crippen LogP contribution >= 0.6 is 0 Å². The van der Waals surface area contributed by atoms with Crippen molar-refractivity contribution in [2.75, 3.05) is 18.0 Å². The highest BCUT2D eigenvalue weighted by atomic mass is 16.4. The Bertz CT molecular complexity index is 543. The summed E-state index contributed by atoms with van der Waals surface area (Å²) in [5.41, 5.74) is 2.55. The van der Waals surface area contributed by atoms with Gasteiger partial charge >= 0.3 is 0 Å². The largest absolute Gasteiger partial charge is 0.411 e. The summed E-state index contributed by atoms with van der Waals surface area (Å²) in [6.07, 6.45) is 2.57. The third-order valence-corrected chi connectivity index (χ3v) is 3.83. The second-order valence-corrected chi connectivity index (χ2v) is 5.90. The molecule has 0 radical (unpaired) electrons. The van der Waals surface area contributed by atoms with Crippen LogP contribution in [0, 0.1) is 16.7 Å². The summed E-state index contributed by atoms with van der Waals surface area (Å²) in [6, 6.07) is 10.4. The number of nitriles is 1. The molecule has 4 nitrogen and oxygen atoms in total. The average Bonchev–Trinajstić information content (AvgIpc) is 2.64. The number of benzene rings is 1. The first kappa shape index (κ1) is 14.4. The molecule has 20 heavy (non-hydrogen) atoms. The van der Waals surface area contributed by atoms with E-state index in [9.17, 15) is 5.21 Å². The zero-order valence-corrected chi connectivity index (χ0v) is 12.1. The fourth-order valence-electron chi connectivity index (χ4n) is 2.49. The topological polar surface area (TPSA) is 59.6 Å². The summed E-state index contributed by atoms with van der Waals surface area (Å²) in [4.78, 5) is 2.30. The van der Waals surface area contributed by atoms with Gasteiger partial charge < -0.3 is 10.1 Å². The molecule has 4 heteroatoms. The minimum absolute atomic E-state index is 0.310. The van der Waals surface area contributed by atoms with E-state index in [-0.39, 0.29) is 5.41 Å². The predicted molar refractivity (Wildman–Crippen MR) is 80.2 cm³/mol. The maximum atomic E-state index is 9.17. The van der Waals surface area contributed by atoms with Crippen LogP contribution in [0.5, 0.6) is 0 Å². The van der Waals surface area contributed by atoms with Crippen molar-refractivity contribution in [3.8, 4) is 6.07 Å². The molecule has 2 rings (SSSR count). The molecular formula is C16H21N3O. The van der Waals surface area contributed by atoms with Gasteiger partial charge in [-0.25, -0.2) is 0 Å². The van der Waals surface area contributed by atoms with E-state index in [2.05, 4.69) is 22.2 Å². The molecule has 0 spiro atoms. The van der Waals surface area contributed by atoms with Crippen molar-refractivity contribution in [1.29, 1.82) is 5.26 Å². The molecule has 0 aliphatic carbocycles. The Hall–Kier alpha value is -2.02. The van der Waals surface area contributed by atoms with E-state index >= 15 is 0 Å². The van der Waals surface area contributed by atoms with Crippen molar-refractivity contribution in [3.05, 3.63) is 29.8 Å². The second kappa shape index (κ2) is 5.96. The monoisotopic (exact) mass is 271 g/mol. The Morgan fingerprint density at radius 2 is 2.15 bits per heavy atom. The van der Waals surface area contributed by atoms with Gasteiger partial charge in [0, 0.05) is 24.3 Å². The van der Waals surface area contributed by atoms with Crippen LogP contribution in [0.1, 0.15) is 38.7 Å². The molecule has 1 heterocycles. The van der Waals surface area contributed by atoms with Crippen LogP contribution in [0.25, 0.3) is 0 Å². The normalized spacial score (nSPS) is 17.4. The fourth-order valence-corrected chi connectivity index (χ4v) is 2.49. The van der Waals surface area contributed by atoms with Crippen LogP contribution in [0.3, 0.4) is 0 Å². The molecule has 1 aromatic rings. The zero-order chi connectivity index (χ0) is 14.6. The van der Waals surface area contributed by atoms with Crippen LogP contribution in [0.2, 0.25) is 0 Å². The van der Waals surface area contributed by atoms with Gasteiger partial charge in [-0.2, -0.15) is 5.26 Å². The molecule has 1 N–H and O–H groups in total. The molecule has 1 aliphatic rings. The lowest BCUT2D eigenvalue weighted by molar-refractivity contribution is 0.318. The van der Waals surface area contributed by atoms with Crippen LogP contribution in [0.15, 0.2) is 29.4 Å². The first-order valence-corrected chi connectivity index (χ1v) is 7.04. The van der Waals surface area contributed by atoms with Gasteiger partial charge in [0.2, 0.25) is 0 Å². The Morgan fingerprint density at radius 1 is 1.40 bits per heavy atom. The average molecular weight is 271 g/mol. The summed E-state index contributed by atoms with van der Waals surface area (Å²) in [5, 5.41) is 21.8. The SMILES string of the molecule is CC(C)(C#N)CCN1CCC/C(=N/O)c2ccccc21. The van der Waals surface area contributed by atoms with Crippen molar-refractivity contribution in [2.45, 2.75) is 33.1 Å². The molecule has 0 bridgehead atoms. The summed E-state index contributed by atoms with van der Waals surface area (Å²) < 4.78 is 0. The summed E-state index contributed by atoms with van der Waals surface area (Å²) in [7, 11) is 0. The maximum absolute atomic E-state index is 9.17. The highest BCUT2D eigenvalue weighted by molar-refractivity contribution is 6.05. The fraction of sp³-hybridized carbons (Fsp3) is 0.500. The first-order valence-electron chi connectivity index (χ1n) is 7.04. The van der Waals surface area contributed by atoms with Crippen LogP contribution in [-0.2, 0) is 0 Å². The highest BCUT2D eigenvalue weighted by Gasteiger charge is 2.22. The van der Waals surface area contributed by atoms with Crippen molar-refractivity contribution >= 4 is 11.4 Å². The second-order valence-electron chi connectivity index (χ2n) is 5.90. The molecule has 0 atom stereocenters. The Labute approximate surface area is 120 Å². The van der Waals surface area contributed by atoms with Gasteiger partial charge in [-0.3, -0.25) is 0 Å².